The second kappa shape index (κ2) is 6.24. The Morgan fingerprint density at radius 1 is 1.10 bits per heavy atom. The Kier molecular flexibility index (Phi) is 4.36. The van der Waals surface area contributed by atoms with Crippen molar-refractivity contribution >= 4 is 5.69 Å². The van der Waals surface area contributed by atoms with Crippen molar-refractivity contribution in [2.24, 2.45) is 5.73 Å². The predicted octanol–water partition coefficient (Wildman–Crippen LogP) is 2.09. The molecule has 0 bridgehead atoms. The van der Waals surface area contributed by atoms with Gasteiger partial charge in [0.1, 0.15) is 5.75 Å². The van der Waals surface area contributed by atoms with Crippen LogP contribution in [0.5, 0.6) is 5.75 Å². The second-order valence-electron chi connectivity index (χ2n) is 6.49. The lowest BCUT2D eigenvalue weighted by Gasteiger charge is -2.41. The Balaban J connectivity index is 1.45. The van der Waals surface area contributed by atoms with E-state index in [1.54, 1.807) is 7.11 Å². The summed E-state index contributed by atoms with van der Waals surface area (Å²) in [5.74, 6) is 0.922. The molecule has 0 aromatic heterocycles. The van der Waals surface area contributed by atoms with Crippen molar-refractivity contribution in [1.29, 1.82) is 0 Å². The number of ether oxygens (including phenoxy) is 1. The number of hydrogen-bond acceptors (Lipinski definition) is 4. The maximum absolute atomic E-state index is 6.32. The minimum Gasteiger partial charge on any atom is -0.497 e. The van der Waals surface area contributed by atoms with Crippen LogP contribution in [0.25, 0.3) is 0 Å². The molecule has 1 saturated carbocycles. The molecule has 1 heterocycles. The fourth-order valence-electron chi connectivity index (χ4n) is 3.28. The smallest absolute Gasteiger partial charge is 0.119 e. The van der Waals surface area contributed by atoms with Crippen molar-refractivity contribution in [1.82, 2.24) is 4.90 Å². The highest BCUT2D eigenvalue weighted by Gasteiger charge is 2.32. The van der Waals surface area contributed by atoms with Gasteiger partial charge in [-0.2, -0.15) is 0 Å². The van der Waals surface area contributed by atoms with E-state index < -0.39 is 0 Å². The van der Waals surface area contributed by atoms with Crippen LogP contribution in [0.2, 0.25) is 0 Å². The quantitative estimate of drug-likeness (QED) is 0.901. The zero-order valence-corrected chi connectivity index (χ0v) is 13.1. The zero-order valence-electron chi connectivity index (χ0n) is 13.1. The molecule has 0 atom stereocenters. The number of hydrogen-bond donors (Lipinski definition) is 1. The number of nitrogens with zero attached hydrogens (tertiary/aromatic N) is 2. The first-order valence-electron chi connectivity index (χ1n) is 8.09. The van der Waals surface area contributed by atoms with Gasteiger partial charge in [-0.15, -0.1) is 0 Å². The van der Waals surface area contributed by atoms with Gasteiger partial charge in [-0.25, -0.2) is 0 Å². The first-order valence-corrected chi connectivity index (χ1v) is 8.09. The van der Waals surface area contributed by atoms with Gasteiger partial charge in [-0.05, 0) is 49.9 Å². The third-order valence-corrected chi connectivity index (χ3v) is 5.09. The number of methoxy groups -OCH3 is 1. The monoisotopic (exact) mass is 289 g/mol. The van der Waals surface area contributed by atoms with Crippen LogP contribution in [0, 0.1) is 0 Å². The van der Waals surface area contributed by atoms with Crippen molar-refractivity contribution in [3.63, 3.8) is 0 Å². The largest absolute Gasteiger partial charge is 0.497 e. The molecular weight excluding hydrogens is 262 g/mol. The molecule has 0 amide bonds. The first kappa shape index (κ1) is 14.7. The van der Waals surface area contributed by atoms with Gasteiger partial charge in [0, 0.05) is 44.0 Å². The van der Waals surface area contributed by atoms with E-state index in [2.05, 4.69) is 21.9 Å². The van der Waals surface area contributed by atoms with Crippen LogP contribution in [0.15, 0.2) is 24.3 Å². The molecular formula is C17H27N3O. The molecule has 4 nitrogen and oxygen atoms in total. The Bertz CT molecular complexity index is 448. The highest BCUT2D eigenvalue weighted by atomic mass is 16.5. The Labute approximate surface area is 127 Å². The van der Waals surface area contributed by atoms with Gasteiger partial charge in [-0.1, -0.05) is 0 Å². The summed E-state index contributed by atoms with van der Waals surface area (Å²) in [6.07, 6.45) is 4.93. The molecule has 2 aliphatic rings. The molecule has 1 aliphatic carbocycles. The minimum atomic E-state index is 0.160. The average molecular weight is 289 g/mol. The van der Waals surface area contributed by atoms with Crippen LogP contribution in [0.3, 0.4) is 0 Å². The number of rotatable bonds is 5. The Morgan fingerprint density at radius 2 is 1.76 bits per heavy atom. The summed E-state index contributed by atoms with van der Waals surface area (Å²) in [4.78, 5) is 5.02. The Hall–Kier alpha value is -1.26. The third-order valence-electron chi connectivity index (χ3n) is 5.09. The van der Waals surface area contributed by atoms with E-state index >= 15 is 0 Å². The van der Waals surface area contributed by atoms with Gasteiger partial charge in [0.2, 0.25) is 0 Å². The molecule has 2 fully saturated rings. The number of anilines is 1. The molecule has 0 spiro atoms. The SMILES string of the molecule is COc1ccc(N2CCN(CCC3(N)CCC3)CC2)cc1. The highest BCUT2D eigenvalue weighted by molar-refractivity contribution is 5.49. The summed E-state index contributed by atoms with van der Waals surface area (Å²) in [6.45, 7) is 5.64. The van der Waals surface area contributed by atoms with Crippen molar-refractivity contribution in [3.05, 3.63) is 24.3 Å². The molecule has 0 unspecified atom stereocenters. The summed E-state index contributed by atoms with van der Waals surface area (Å²) in [5, 5.41) is 0. The number of piperazine rings is 1. The van der Waals surface area contributed by atoms with Crippen molar-refractivity contribution in [2.75, 3.05) is 44.7 Å². The molecule has 116 valence electrons. The van der Waals surface area contributed by atoms with Gasteiger partial charge in [0.25, 0.3) is 0 Å². The van der Waals surface area contributed by atoms with E-state index in [1.807, 2.05) is 12.1 Å². The molecule has 1 saturated heterocycles. The van der Waals surface area contributed by atoms with Gasteiger partial charge in [0.05, 0.1) is 7.11 Å². The van der Waals surface area contributed by atoms with Crippen molar-refractivity contribution < 1.29 is 4.74 Å². The first-order chi connectivity index (χ1) is 10.2. The van der Waals surface area contributed by atoms with Crippen LogP contribution in [0.4, 0.5) is 5.69 Å². The molecule has 4 heteroatoms. The lowest BCUT2D eigenvalue weighted by molar-refractivity contribution is 0.176. The molecule has 1 aliphatic heterocycles. The average Bonchev–Trinajstić information content (AvgIpc) is 2.52. The van der Waals surface area contributed by atoms with Crippen molar-refractivity contribution in [3.8, 4) is 5.75 Å². The standard InChI is InChI=1S/C17H27N3O/c1-21-16-5-3-15(4-6-16)20-13-11-19(12-14-20)10-9-17(18)7-2-8-17/h3-6H,2,7-14,18H2,1H3. The lowest BCUT2D eigenvalue weighted by Crippen LogP contribution is -2.51. The fourth-order valence-corrected chi connectivity index (χ4v) is 3.28. The number of benzene rings is 1. The minimum absolute atomic E-state index is 0.160. The summed E-state index contributed by atoms with van der Waals surface area (Å²) < 4.78 is 5.21. The van der Waals surface area contributed by atoms with Crippen LogP contribution in [-0.2, 0) is 0 Å². The molecule has 0 radical (unpaired) electrons. The second-order valence-corrected chi connectivity index (χ2v) is 6.49. The fraction of sp³-hybridized carbons (Fsp3) is 0.647. The summed E-state index contributed by atoms with van der Waals surface area (Å²) >= 11 is 0. The number of nitrogens with two attached hydrogens (primary N) is 1. The van der Waals surface area contributed by atoms with Gasteiger partial charge in [0.15, 0.2) is 0 Å². The van der Waals surface area contributed by atoms with E-state index in [0.29, 0.717) is 0 Å². The molecule has 3 rings (SSSR count). The maximum Gasteiger partial charge on any atom is 0.119 e. The van der Waals surface area contributed by atoms with E-state index in [4.69, 9.17) is 10.5 Å². The molecule has 2 N–H and O–H groups in total. The van der Waals surface area contributed by atoms with Gasteiger partial charge in [-0.3, -0.25) is 4.90 Å². The van der Waals surface area contributed by atoms with E-state index in [-0.39, 0.29) is 5.54 Å². The van der Waals surface area contributed by atoms with Gasteiger partial charge < -0.3 is 15.4 Å². The van der Waals surface area contributed by atoms with Crippen LogP contribution >= 0.6 is 0 Å². The summed E-state index contributed by atoms with van der Waals surface area (Å²) in [5.41, 5.74) is 7.77. The molecule has 1 aromatic carbocycles. The summed E-state index contributed by atoms with van der Waals surface area (Å²) in [7, 11) is 1.71. The summed E-state index contributed by atoms with van der Waals surface area (Å²) in [6, 6.07) is 8.38. The van der Waals surface area contributed by atoms with E-state index in [9.17, 15) is 0 Å². The van der Waals surface area contributed by atoms with Crippen molar-refractivity contribution in [2.45, 2.75) is 31.2 Å². The van der Waals surface area contributed by atoms with E-state index in [0.717, 1.165) is 44.9 Å². The highest BCUT2D eigenvalue weighted by Crippen LogP contribution is 2.32. The molecule has 1 aromatic rings. The van der Waals surface area contributed by atoms with Crippen LogP contribution < -0.4 is 15.4 Å². The lowest BCUT2D eigenvalue weighted by atomic mass is 9.75. The Morgan fingerprint density at radius 3 is 2.29 bits per heavy atom. The molecule has 21 heavy (non-hydrogen) atoms. The van der Waals surface area contributed by atoms with E-state index in [1.165, 1.54) is 24.9 Å². The normalized spacial score (nSPS) is 21.9. The zero-order chi connectivity index (χ0) is 14.7. The predicted molar refractivity (Wildman–Crippen MR) is 87.0 cm³/mol. The van der Waals surface area contributed by atoms with Crippen LogP contribution in [0.1, 0.15) is 25.7 Å². The van der Waals surface area contributed by atoms with Gasteiger partial charge >= 0.3 is 0 Å². The van der Waals surface area contributed by atoms with Crippen LogP contribution in [-0.4, -0.2) is 50.3 Å². The topological polar surface area (TPSA) is 41.7 Å². The third kappa shape index (κ3) is 3.50. The maximum atomic E-state index is 6.32.